The van der Waals surface area contributed by atoms with Gasteiger partial charge in [-0.25, -0.2) is 4.90 Å². The second kappa shape index (κ2) is 6.92. The number of hydrogen-bond acceptors (Lipinski definition) is 3. The van der Waals surface area contributed by atoms with Gasteiger partial charge in [-0.05, 0) is 65.1 Å². The van der Waals surface area contributed by atoms with Crippen molar-refractivity contribution in [2.45, 2.75) is 6.18 Å². The molecule has 0 radical (unpaired) electrons. The van der Waals surface area contributed by atoms with Gasteiger partial charge in [-0.15, -0.1) is 0 Å². The number of halogens is 5. The Balaban J connectivity index is 1.90. The normalized spacial score (nSPS) is 15.0. The number of imide groups is 1. The van der Waals surface area contributed by atoms with Crippen LogP contribution in [0, 0.1) is 3.57 Å². The van der Waals surface area contributed by atoms with Crippen LogP contribution in [0.1, 0.15) is 5.56 Å². The van der Waals surface area contributed by atoms with E-state index in [-0.39, 0.29) is 16.4 Å². The van der Waals surface area contributed by atoms with Gasteiger partial charge in [-0.1, -0.05) is 17.7 Å². The summed E-state index contributed by atoms with van der Waals surface area (Å²) in [4.78, 5) is 25.8. The lowest BCUT2D eigenvalue weighted by molar-refractivity contribution is -0.137. The first-order valence-corrected chi connectivity index (χ1v) is 8.62. The molecule has 0 spiro atoms. The third-order valence-corrected chi connectivity index (χ3v) is 4.64. The third-order valence-electron chi connectivity index (χ3n) is 3.57. The molecule has 0 bridgehead atoms. The summed E-state index contributed by atoms with van der Waals surface area (Å²) in [5.41, 5.74) is -0.835. The topological polar surface area (TPSA) is 49.4 Å². The molecule has 0 saturated heterocycles. The molecule has 0 saturated carbocycles. The maximum absolute atomic E-state index is 12.8. The molecule has 0 atom stereocenters. The largest absolute Gasteiger partial charge is 0.416 e. The number of nitrogens with zero attached hydrogens (tertiary/aromatic N) is 1. The first-order chi connectivity index (χ1) is 12.2. The van der Waals surface area contributed by atoms with Crippen LogP contribution in [0.15, 0.2) is 59.3 Å². The van der Waals surface area contributed by atoms with Gasteiger partial charge in [0.05, 0.1) is 11.3 Å². The second-order valence-corrected chi connectivity index (χ2v) is 6.94. The molecular weight excluding hydrogens is 484 g/mol. The molecule has 1 aliphatic heterocycles. The van der Waals surface area contributed by atoms with Gasteiger partial charge in [0.15, 0.2) is 0 Å². The van der Waals surface area contributed by atoms with Crippen molar-refractivity contribution in [1.29, 1.82) is 0 Å². The van der Waals surface area contributed by atoms with Gasteiger partial charge in [0.25, 0.3) is 11.8 Å². The quantitative estimate of drug-likeness (QED) is 0.497. The number of benzene rings is 2. The summed E-state index contributed by atoms with van der Waals surface area (Å²) < 4.78 is 39.4. The Labute approximate surface area is 164 Å². The fourth-order valence-corrected chi connectivity index (χ4v) is 2.93. The van der Waals surface area contributed by atoms with Crippen LogP contribution in [0.5, 0.6) is 0 Å². The minimum atomic E-state index is -4.53. The van der Waals surface area contributed by atoms with E-state index < -0.39 is 23.6 Å². The van der Waals surface area contributed by atoms with Gasteiger partial charge in [0, 0.05) is 9.26 Å². The fourth-order valence-electron chi connectivity index (χ4n) is 2.35. The molecule has 0 aliphatic carbocycles. The lowest BCUT2D eigenvalue weighted by atomic mass is 10.2. The molecule has 4 nitrogen and oxygen atoms in total. The molecule has 9 heteroatoms. The molecule has 1 heterocycles. The van der Waals surface area contributed by atoms with Gasteiger partial charge >= 0.3 is 6.18 Å². The van der Waals surface area contributed by atoms with E-state index in [1.54, 1.807) is 24.3 Å². The highest BCUT2D eigenvalue weighted by Gasteiger charge is 2.39. The average Bonchev–Trinajstić information content (AvgIpc) is 2.79. The van der Waals surface area contributed by atoms with E-state index >= 15 is 0 Å². The molecule has 2 aromatic rings. The smallest absolute Gasteiger partial charge is 0.350 e. The molecule has 0 unspecified atom stereocenters. The average molecular weight is 493 g/mol. The van der Waals surface area contributed by atoms with Crippen molar-refractivity contribution in [2.75, 3.05) is 10.2 Å². The Hall–Kier alpha value is -2.07. The Morgan fingerprint density at radius 3 is 2.27 bits per heavy atom. The Morgan fingerprint density at radius 1 is 1.00 bits per heavy atom. The van der Waals surface area contributed by atoms with Crippen molar-refractivity contribution < 1.29 is 22.8 Å². The molecule has 2 amide bonds. The monoisotopic (exact) mass is 492 g/mol. The Kier molecular flexibility index (Phi) is 4.98. The number of carbonyl (C=O) groups is 2. The maximum atomic E-state index is 12.8. The van der Waals surface area contributed by atoms with Crippen LogP contribution >= 0.6 is 34.2 Å². The van der Waals surface area contributed by atoms with Crippen molar-refractivity contribution in [3.8, 4) is 0 Å². The van der Waals surface area contributed by atoms with Crippen LogP contribution in [-0.4, -0.2) is 11.8 Å². The molecule has 0 aromatic heterocycles. The van der Waals surface area contributed by atoms with E-state index in [2.05, 4.69) is 27.9 Å². The number of hydrogen-bond donors (Lipinski definition) is 1. The van der Waals surface area contributed by atoms with E-state index in [1.807, 2.05) is 0 Å². The summed E-state index contributed by atoms with van der Waals surface area (Å²) in [6, 6.07) is 10.9. The minimum Gasteiger partial charge on any atom is -0.350 e. The summed E-state index contributed by atoms with van der Waals surface area (Å²) in [6.07, 6.45) is -4.53. The van der Waals surface area contributed by atoms with Crippen LogP contribution in [0.3, 0.4) is 0 Å². The maximum Gasteiger partial charge on any atom is 0.416 e. The highest BCUT2D eigenvalue weighted by Crippen LogP contribution is 2.33. The molecule has 0 fully saturated rings. The predicted molar refractivity (Wildman–Crippen MR) is 99.6 cm³/mol. The zero-order chi connectivity index (χ0) is 19.1. The zero-order valence-electron chi connectivity index (χ0n) is 12.8. The van der Waals surface area contributed by atoms with E-state index in [0.717, 1.165) is 20.6 Å². The molecular formula is C17H9ClF3IN2O2. The highest BCUT2D eigenvalue weighted by atomic mass is 127. The third kappa shape index (κ3) is 3.56. The summed E-state index contributed by atoms with van der Waals surface area (Å²) >= 11 is 8.03. The lowest BCUT2D eigenvalue weighted by Crippen LogP contribution is -2.32. The van der Waals surface area contributed by atoms with Crippen LogP contribution in [0.2, 0.25) is 0 Å². The van der Waals surface area contributed by atoms with E-state index in [4.69, 9.17) is 11.6 Å². The zero-order valence-corrected chi connectivity index (χ0v) is 15.7. The Morgan fingerprint density at radius 2 is 1.65 bits per heavy atom. The van der Waals surface area contributed by atoms with Gasteiger partial charge in [-0.2, -0.15) is 13.2 Å². The molecule has 134 valence electrons. The summed E-state index contributed by atoms with van der Waals surface area (Å²) in [7, 11) is 0. The van der Waals surface area contributed by atoms with Gasteiger partial charge < -0.3 is 5.32 Å². The van der Waals surface area contributed by atoms with Gasteiger partial charge in [0.2, 0.25) is 0 Å². The standard InChI is InChI=1S/C17H9ClF3IN2O2/c18-13-14(23-11-3-1-2-9(8-11)17(19,20)21)16(26)24(15(13)25)12-6-4-10(22)5-7-12/h1-8,23H. The van der Waals surface area contributed by atoms with E-state index in [9.17, 15) is 22.8 Å². The highest BCUT2D eigenvalue weighted by molar-refractivity contribution is 14.1. The first kappa shape index (κ1) is 18.7. The van der Waals surface area contributed by atoms with Gasteiger partial charge in [-0.3, -0.25) is 9.59 Å². The number of rotatable bonds is 3. The molecule has 1 N–H and O–H groups in total. The SMILES string of the molecule is O=C1C(Cl)=C(Nc2cccc(C(F)(F)F)c2)C(=O)N1c1ccc(I)cc1. The Bertz CT molecular complexity index is 926. The predicted octanol–water partition coefficient (Wildman–Crippen LogP) is 4.75. The van der Waals surface area contributed by atoms with Gasteiger partial charge in [0.1, 0.15) is 10.7 Å². The molecule has 3 rings (SSSR count). The molecule has 2 aromatic carbocycles. The lowest BCUT2D eigenvalue weighted by Gasteiger charge is -2.15. The number of carbonyl (C=O) groups excluding carboxylic acids is 2. The van der Waals surface area contributed by atoms with Crippen molar-refractivity contribution in [3.05, 3.63) is 68.4 Å². The van der Waals surface area contributed by atoms with Crippen molar-refractivity contribution in [2.24, 2.45) is 0 Å². The van der Waals surface area contributed by atoms with Crippen molar-refractivity contribution >= 4 is 57.4 Å². The van der Waals surface area contributed by atoms with Crippen molar-refractivity contribution in [3.63, 3.8) is 0 Å². The minimum absolute atomic E-state index is 0.00131. The first-order valence-electron chi connectivity index (χ1n) is 7.17. The number of alkyl halides is 3. The molecule has 1 aliphatic rings. The van der Waals surface area contributed by atoms with Crippen LogP contribution < -0.4 is 10.2 Å². The summed E-state index contributed by atoms with van der Waals surface area (Å²) in [5.74, 6) is -1.48. The second-order valence-electron chi connectivity index (χ2n) is 5.31. The number of amides is 2. The molecule has 26 heavy (non-hydrogen) atoms. The van der Waals surface area contributed by atoms with E-state index in [0.29, 0.717) is 5.69 Å². The van der Waals surface area contributed by atoms with Crippen molar-refractivity contribution in [1.82, 2.24) is 0 Å². The van der Waals surface area contributed by atoms with Crippen LogP contribution in [0.25, 0.3) is 0 Å². The fraction of sp³-hybridized carbons (Fsp3) is 0.0588. The summed E-state index contributed by atoms with van der Waals surface area (Å²) in [6.45, 7) is 0. The van der Waals surface area contributed by atoms with Crippen LogP contribution in [0.4, 0.5) is 24.5 Å². The number of nitrogens with one attached hydrogen (secondary N) is 1. The van der Waals surface area contributed by atoms with Crippen LogP contribution in [-0.2, 0) is 15.8 Å². The number of anilines is 2. The summed E-state index contributed by atoms with van der Waals surface area (Å²) in [5, 5.41) is 2.15. The van der Waals surface area contributed by atoms with E-state index in [1.165, 1.54) is 12.1 Å².